The summed E-state index contributed by atoms with van der Waals surface area (Å²) in [5.74, 6) is -0.313. The molecular formula is C17H24N2O3. The minimum absolute atomic E-state index is 0.00306. The summed E-state index contributed by atoms with van der Waals surface area (Å²) in [4.78, 5) is 26.1. The van der Waals surface area contributed by atoms with Gasteiger partial charge < -0.3 is 15.3 Å². The first-order chi connectivity index (χ1) is 10.5. The van der Waals surface area contributed by atoms with E-state index in [4.69, 9.17) is 0 Å². The second-order valence-electron chi connectivity index (χ2n) is 6.02. The molecule has 0 unspecified atom stereocenters. The van der Waals surface area contributed by atoms with Gasteiger partial charge in [0.25, 0.3) is 5.91 Å². The molecule has 1 aromatic rings. The van der Waals surface area contributed by atoms with E-state index in [0.29, 0.717) is 18.5 Å². The molecule has 0 aliphatic carbocycles. The molecule has 0 bridgehead atoms. The van der Waals surface area contributed by atoms with E-state index in [2.05, 4.69) is 5.32 Å². The summed E-state index contributed by atoms with van der Waals surface area (Å²) in [7, 11) is 0. The van der Waals surface area contributed by atoms with Gasteiger partial charge in [0.05, 0.1) is 12.6 Å². The van der Waals surface area contributed by atoms with Crippen molar-refractivity contribution < 1.29 is 14.7 Å². The third kappa shape index (κ3) is 4.31. The third-order valence-electron chi connectivity index (χ3n) is 3.99. The number of nitrogens with zero attached hydrogens (tertiary/aromatic N) is 1. The average Bonchev–Trinajstić information content (AvgIpc) is 2.91. The van der Waals surface area contributed by atoms with E-state index < -0.39 is 6.10 Å². The van der Waals surface area contributed by atoms with E-state index in [0.717, 1.165) is 18.4 Å². The second-order valence-corrected chi connectivity index (χ2v) is 6.02. The molecule has 1 aliphatic rings. The number of likely N-dealkylation sites (tertiary alicyclic amines) is 1. The highest BCUT2D eigenvalue weighted by Crippen LogP contribution is 2.21. The van der Waals surface area contributed by atoms with E-state index >= 15 is 0 Å². The zero-order chi connectivity index (χ0) is 16.1. The number of benzene rings is 1. The molecule has 0 saturated carbocycles. The lowest BCUT2D eigenvalue weighted by Crippen LogP contribution is -2.43. The molecule has 1 fully saturated rings. The molecule has 2 rings (SSSR count). The first kappa shape index (κ1) is 16.5. The van der Waals surface area contributed by atoms with Crippen LogP contribution in [0.3, 0.4) is 0 Å². The van der Waals surface area contributed by atoms with Crippen molar-refractivity contribution in [1.29, 1.82) is 0 Å². The van der Waals surface area contributed by atoms with Gasteiger partial charge in [0.2, 0.25) is 5.91 Å². The van der Waals surface area contributed by atoms with Crippen molar-refractivity contribution in [3.05, 3.63) is 35.4 Å². The van der Waals surface area contributed by atoms with Crippen LogP contribution in [0.4, 0.5) is 0 Å². The van der Waals surface area contributed by atoms with Crippen LogP contribution in [-0.2, 0) is 4.79 Å². The van der Waals surface area contributed by atoms with Crippen LogP contribution < -0.4 is 5.32 Å². The van der Waals surface area contributed by atoms with Crippen LogP contribution in [0.15, 0.2) is 24.3 Å². The zero-order valence-electron chi connectivity index (χ0n) is 13.2. The van der Waals surface area contributed by atoms with Gasteiger partial charge in [-0.05, 0) is 45.2 Å². The molecule has 1 heterocycles. The van der Waals surface area contributed by atoms with E-state index in [1.165, 1.54) is 0 Å². The molecule has 2 N–H and O–H groups in total. The van der Waals surface area contributed by atoms with Crippen molar-refractivity contribution in [3.63, 3.8) is 0 Å². The Hall–Kier alpha value is -1.88. The van der Waals surface area contributed by atoms with Crippen LogP contribution >= 0.6 is 0 Å². The fraction of sp³-hybridized carbons (Fsp3) is 0.529. The molecule has 1 aromatic carbocycles. The Morgan fingerprint density at radius 1 is 1.45 bits per heavy atom. The van der Waals surface area contributed by atoms with Gasteiger partial charge in [0, 0.05) is 18.2 Å². The first-order valence-electron chi connectivity index (χ1n) is 7.80. The van der Waals surface area contributed by atoms with Gasteiger partial charge >= 0.3 is 0 Å². The minimum atomic E-state index is -0.416. The molecule has 0 radical (unpaired) electrons. The smallest absolute Gasteiger partial charge is 0.251 e. The topological polar surface area (TPSA) is 69.6 Å². The minimum Gasteiger partial charge on any atom is -0.393 e. The van der Waals surface area contributed by atoms with E-state index in [1.807, 2.05) is 19.1 Å². The number of nitrogens with one attached hydrogen (secondary N) is 1. The lowest BCUT2D eigenvalue weighted by molar-refractivity contribution is -0.131. The Balaban J connectivity index is 1.88. The Labute approximate surface area is 131 Å². The normalized spacial score (nSPS) is 19.0. The molecule has 120 valence electrons. The van der Waals surface area contributed by atoms with Crippen LogP contribution in [0.25, 0.3) is 0 Å². The van der Waals surface area contributed by atoms with Crippen LogP contribution in [0, 0.1) is 6.92 Å². The second kappa shape index (κ2) is 7.40. The number of aliphatic hydroxyl groups excluding tert-OH is 1. The largest absolute Gasteiger partial charge is 0.393 e. The van der Waals surface area contributed by atoms with Gasteiger partial charge in [-0.2, -0.15) is 0 Å². The molecular weight excluding hydrogens is 280 g/mol. The average molecular weight is 304 g/mol. The van der Waals surface area contributed by atoms with E-state index in [-0.39, 0.29) is 24.4 Å². The highest BCUT2D eigenvalue weighted by Gasteiger charge is 2.29. The van der Waals surface area contributed by atoms with Crippen LogP contribution in [0.2, 0.25) is 0 Å². The number of hydrogen-bond donors (Lipinski definition) is 2. The van der Waals surface area contributed by atoms with E-state index in [9.17, 15) is 14.7 Å². The zero-order valence-corrected chi connectivity index (χ0v) is 13.2. The quantitative estimate of drug-likeness (QED) is 0.866. The van der Waals surface area contributed by atoms with Gasteiger partial charge in [0.15, 0.2) is 0 Å². The number of aliphatic hydroxyl groups is 1. The summed E-state index contributed by atoms with van der Waals surface area (Å²) in [5, 5.41) is 12.2. The summed E-state index contributed by atoms with van der Waals surface area (Å²) in [5.41, 5.74) is 1.57. The fourth-order valence-corrected chi connectivity index (χ4v) is 2.95. The molecule has 22 heavy (non-hydrogen) atoms. The lowest BCUT2D eigenvalue weighted by atomic mass is 10.1. The number of hydrogen-bond acceptors (Lipinski definition) is 3. The van der Waals surface area contributed by atoms with Crippen molar-refractivity contribution in [2.45, 2.75) is 45.3 Å². The van der Waals surface area contributed by atoms with Crippen LogP contribution in [-0.4, -0.2) is 47.1 Å². The number of aryl methyl sites for hydroxylation is 1. The summed E-state index contributed by atoms with van der Waals surface area (Å²) in [6.45, 7) is 4.37. The molecule has 0 spiro atoms. The molecule has 0 aromatic heterocycles. The molecule has 1 aliphatic heterocycles. The van der Waals surface area contributed by atoms with Crippen molar-refractivity contribution in [2.24, 2.45) is 0 Å². The predicted octanol–water partition coefficient (Wildman–Crippen LogP) is 1.49. The number of rotatable bonds is 5. The molecule has 1 saturated heterocycles. The Morgan fingerprint density at radius 2 is 2.23 bits per heavy atom. The summed E-state index contributed by atoms with van der Waals surface area (Å²) >= 11 is 0. The monoisotopic (exact) mass is 304 g/mol. The van der Waals surface area contributed by atoms with Crippen molar-refractivity contribution >= 4 is 11.8 Å². The predicted molar refractivity (Wildman–Crippen MR) is 84.5 cm³/mol. The Morgan fingerprint density at radius 3 is 2.91 bits per heavy atom. The Bertz CT molecular complexity index is 542. The maximum Gasteiger partial charge on any atom is 0.251 e. The maximum atomic E-state index is 12.3. The lowest BCUT2D eigenvalue weighted by Gasteiger charge is -2.25. The van der Waals surface area contributed by atoms with Crippen LogP contribution in [0.5, 0.6) is 0 Å². The maximum absolute atomic E-state index is 12.3. The number of carbonyl (C=O) groups is 2. The van der Waals surface area contributed by atoms with Gasteiger partial charge in [-0.3, -0.25) is 9.59 Å². The van der Waals surface area contributed by atoms with Crippen molar-refractivity contribution in [1.82, 2.24) is 10.2 Å². The highest BCUT2D eigenvalue weighted by atomic mass is 16.3. The van der Waals surface area contributed by atoms with Crippen LogP contribution in [0.1, 0.15) is 42.1 Å². The molecule has 5 nitrogen and oxygen atoms in total. The Kier molecular flexibility index (Phi) is 5.55. The highest BCUT2D eigenvalue weighted by molar-refractivity contribution is 5.96. The van der Waals surface area contributed by atoms with E-state index in [1.54, 1.807) is 24.0 Å². The molecule has 2 amide bonds. The van der Waals surface area contributed by atoms with Crippen molar-refractivity contribution in [2.75, 3.05) is 13.1 Å². The first-order valence-corrected chi connectivity index (χ1v) is 7.80. The van der Waals surface area contributed by atoms with Gasteiger partial charge in [-0.1, -0.05) is 17.7 Å². The standard InChI is InChI=1S/C17H24N2O3/c1-12-5-3-6-14(9-12)17(22)18-11-16(21)19-8-4-7-15(19)10-13(2)20/h3,5-6,9,13,15,20H,4,7-8,10-11H2,1-2H3,(H,18,22)/t13-,15+/m0/s1. The summed E-state index contributed by atoms with van der Waals surface area (Å²) in [6, 6.07) is 7.37. The fourth-order valence-electron chi connectivity index (χ4n) is 2.95. The molecule has 2 atom stereocenters. The van der Waals surface area contributed by atoms with Gasteiger partial charge in [0.1, 0.15) is 0 Å². The number of amides is 2. The number of carbonyl (C=O) groups excluding carboxylic acids is 2. The van der Waals surface area contributed by atoms with Gasteiger partial charge in [-0.15, -0.1) is 0 Å². The van der Waals surface area contributed by atoms with Gasteiger partial charge in [-0.25, -0.2) is 0 Å². The molecule has 5 heteroatoms. The van der Waals surface area contributed by atoms with Crippen molar-refractivity contribution in [3.8, 4) is 0 Å². The summed E-state index contributed by atoms with van der Waals surface area (Å²) < 4.78 is 0. The third-order valence-corrected chi connectivity index (χ3v) is 3.99. The SMILES string of the molecule is Cc1cccc(C(=O)NCC(=O)N2CCC[C@@H]2C[C@H](C)O)c1. The summed E-state index contributed by atoms with van der Waals surface area (Å²) in [6.07, 6.45) is 2.05.